The number of rotatable bonds is 4. The highest BCUT2D eigenvalue weighted by Gasteiger charge is 2.04. The van der Waals surface area contributed by atoms with Gasteiger partial charge >= 0.3 is 0 Å². The van der Waals surface area contributed by atoms with Crippen molar-refractivity contribution in [1.29, 1.82) is 0 Å². The standard InChI is InChI=1S/C11H10INO2.C11H12N2O2/c2*12-10-3-1-2-9-8(10)4-5-13(6-7-14)11(9)15/h1-5,14H,6-7H2;1-5,14H,6-7,12H2. The topological polar surface area (TPSA) is 110 Å². The van der Waals surface area contributed by atoms with E-state index in [-0.39, 0.29) is 24.3 Å². The van der Waals surface area contributed by atoms with E-state index in [1.54, 1.807) is 36.7 Å². The number of benzene rings is 2. The normalized spacial score (nSPS) is 10.8. The number of aromatic nitrogens is 2. The Hall–Kier alpha value is -2.69. The summed E-state index contributed by atoms with van der Waals surface area (Å²) in [6.07, 6.45) is 3.38. The molecule has 0 aliphatic carbocycles. The first kappa shape index (κ1) is 22.0. The summed E-state index contributed by atoms with van der Waals surface area (Å²) in [4.78, 5) is 23.8. The fourth-order valence-electron chi connectivity index (χ4n) is 3.19. The van der Waals surface area contributed by atoms with Crippen molar-refractivity contribution < 1.29 is 10.2 Å². The monoisotopic (exact) mass is 519 g/mol. The first-order valence-corrected chi connectivity index (χ1v) is 10.4. The van der Waals surface area contributed by atoms with Gasteiger partial charge < -0.3 is 25.1 Å². The Morgan fingerprint density at radius 2 is 1.23 bits per heavy atom. The number of anilines is 1. The number of aliphatic hydroxyl groups is 2. The molecule has 156 valence electrons. The maximum atomic E-state index is 11.9. The van der Waals surface area contributed by atoms with Gasteiger partial charge in [-0.2, -0.15) is 0 Å². The van der Waals surface area contributed by atoms with Crippen molar-refractivity contribution in [3.63, 3.8) is 0 Å². The molecule has 7 nitrogen and oxygen atoms in total. The highest BCUT2D eigenvalue weighted by atomic mass is 127. The van der Waals surface area contributed by atoms with E-state index >= 15 is 0 Å². The number of aliphatic hydroxyl groups excluding tert-OH is 2. The minimum absolute atomic E-state index is 0.0185. The number of halogens is 1. The van der Waals surface area contributed by atoms with E-state index in [0.717, 1.165) is 14.3 Å². The molecule has 0 saturated heterocycles. The third-order valence-electron chi connectivity index (χ3n) is 4.70. The lowest BCUT2D eigenvalue weighted by molar-refractivity contribution is 0.274. The first-order chi connectivity index (χ1) is 14.5. The number of hydrogen-bond donors (Lipinski definition) is 3. The third kappa shape index (κ3) is 4.55. The molecule has 4 aromatic rings. The second-order valence-electron chi connectivity index (χ2n) is 6.59. The zero-order chi connectivity index (χ0) is 21.7. The summed E-state index contributed by atoms with van der Waals surface area (Å²) in [5.74, 6) is 0. The van der Waals surface area contributed by atoms with Crippen molar-refractivity contribution in [1.82, 2.24) is 9.13 Å². The molecule has 2 aromatic heterocycles. The number of pyridine rings is 2. The molecule has 0 spiro atoms. The number of nitrogens with zero attached hydrogens (tertiary/aromatic N) is 2. The zero-order valence-corrected chi connectivity index (χ0v) is 18.3. The van der Waals surface area contributed by atoms with Crippen molar-refractivity contribution >= 4 is 49.8 Å². The van der Waals surface area contributed by atoms with Gasteiger partial charge in [0.25, 0.3) is 11.1 Å². The number of hydrogen-bond acceptors (Lipinski definition) is 5. The molecule has 0 saturated carbocycles. The Morgan fingerprint density at radius 3 is 1.80 bits per heavy atom. The van der Waals surface area contributed by atoms with Crippen LogP contribution in [0.3, 0.4) is 0 Å². The molecule has 0 unspecified atom stereocenters. The van der Waals surface area contributed by atoms with Gasteiger partial charge in [-0.1, -0.05) is 12.1 Å². The highest BCUT2D eigenvalue weighted by Crippen LogP contribution is 2.17. The van der Waals surface area contributed by atoms with Crippen LogP contribution in [0.4, 0.5) is 5.69 Å². The predicted octanol–water partition coefficient (Wildman–Crippen LogP) is 2.17. The molecule has 30 heavy (non-hydrogen) atoms. The Kier molecular flexibility index (Phi) is 7.24. The minimum atomic E-state index is -0.117. The van der Waals surface area contributed by atoms with Gasteiger partial charge in [0.15, 0.2) is 0 Å². The average Bonchev–Trinajstić information content (AvgIpc) is 2.74. The number of nitrogen functional groups attached to an aromatic ring is 1. The molecular weight excluding hydrogens is 497 g/mol. The fraction of sp³-hybridized carbons (Fsp3) is 0.182. The summed E-state index contributed by atoms with van der Waals surface area (Å²) < 4.78 is 4.07. The predicted molar refractivity (Wildman–Crippen MR) is 128 cm³/mol. The highest BCUT2D eigenvalue weighted by molar-refractivity contribution is 14.1. The largest absolute Gasteiger partial charge is 0.398 e. The van der Waals surface area contributed by atoms with E-state index in [2.05, 4.69) is 22.6 Å². The van der Waals surface area contributed by atoms with Gasteiger partial charge in [-0.15, -0.1) is 0 Å². The van der Waals surface area contributed by atoms with Crippen LogP contribution in [0, 0.1) is 3.57 Å². The Morgan fingerprint density at radius 1 is 0.733 bits per heavy atom. The van der Waals surface area contributed by atoms with Crippen LogP contribution >= 0.6 is 22.6 Å². The van der Waals surface area contributed by atoms with Crippen LogP contribution < -0.4 is 16.9 Å². The Balaban J connectivity index is 0.000000171. The third-order valence-corrected chi connectivity index (χ3v) is 5.64. The van der Waals surface area contributed by atoms with Crippen molar-refractivity contribution in [3.05, 3.63) is 85.2 Å². The molecular formula is C22H22IN3O4. The lowest BCUT2D eigenvalue weighted by atomic mass is 10.1. The van der Waals surface area contributed by atoms with E-state index in [9.17, 15) is 9.59 Å². The van der Waals surface area contributed by atoms with Crippen LogP contribution in [0.5, 0.6) is 0 Å². The molecule has 0 atom stereocenters. The van der Waals surface area contributed by atoms with Gasteiger partial charge in [-0.05, 0) is 59.0 Å². The Labute approximate surface area is 186 Å². The quantitative estimate of drug-likeness (QED) is 0.283. The van der Waals surface area contributed by atoms with E-state index in [4.69, 9.17) is 15.9 Å². The SMILES string of the molecule is Nc1cccc2c(=O)n(CCO)ccc12.O=c1c2cccc(I)c2ccn1CCO. The van der Waals surface area contributed by atoms with E-state index < -0.39 is 0 Å². The lowest BCUT2D eigenvalue weighted by Crippen LogP contribution is -2.21. The summed E-state index contributed by atoms with van der Waals surface area (Å²) in [7, 11) is 0. The van der Waals surface area contributed by atoms with Gasteiger partial charge in [-0.25, -0.2) is 0 Å². The van der Waals surface area contributed by atoms with E-state index in [1.807, 2.05) is 24.3 Å². The van der Waals surface area contributed by atoms with Gasteiger partial charge in [0.05, 0.1) is 13.2 Å². The van der Waals surface area contributed by atoms with Gasteiger partial charge in [0.2, 0.25) is 0 Å². The van der Waals surface area contributed by atoms with E-state index in [1.165, 1.54) is 9.13 Å². The number of fused-ring (bicyclic) bond motifs is 2. The van der Waals surface area contributed by atoms with Crippen LogP contribution in [0.1, 0.15) is 0 Å². The summed E-state index contributed by atoms with van der Waals surface area (Å²) in [6, 6.07) is 14.6. The molecule has 0 fully saturated rings. The zero-order valence-electron chi connectivity index (χ0n) is 16.2. The maximum absolute atomic E-state index is 11.9. The second-order valence-corrected chi connectivity index (χ2v) is 7.75. The Bertz CT molecular complexity index is 1200. The summed E-state index contributed by atoms with van der Waals surface area (Å²) >= 11 is 2.21. The van der Waals surface area contributed by atoms with Crippen molar-refractivity contribution in [2.75, 3.05) is 18.9 Å². The smallest absolute Gasteiger partial charge is 0.258 e. The molecule has 4 N–H and O–H groups in total. The molecule has 2 heterocycles. The van der Waals surface area contributed by atoms with E-state index in [0.29, 0.717) is 29.5 Å². The van der Waals surface area contributed by atoms with Crippen LogP contribution in [0.2, 0.25) is 0 Å². The van der Waals surface area contributed by atoms with Crippen molar-refractivity contribution in [3.8, 4) is 0 Å². The van der Waals surface area contributed by atoms with Crippen LogP contribution in [0.25, 0.3) is 21.5 Å². The molecule has 8 heteroatoms. The van der Waals surface area contributed by atoms with Gasteiger partial charge in [-0.3, -0.25) is 9.59 Å². The average molecular weight is 519 g/mol. The minimum Gasteiger partial charge on any atom is -0.398 e. The van der Waals surface area contributed by atoms with Gasteiger partial charge in [0, 0.05) is 56.3 Å². The maximum Gasteiger partial charge on any atom is 0.258 e. The molecule has 0 amide bonds. The number of nitrogens with two attached hydrogens (primary N) is 1. The lowest BCUT2D eigenvalue weighted by Gasteiger charge is -2.06. The summed E-state index contributed by atoms with van der Waals surface area (Å²) in [5.41, 5.74) is 6.19. The van der Waals surface area contributed by atoms with Gasteiger partial charge in [0.1, 0.15) is 0 Å². The summed E-state index contributed by atoms with van der Waals surface area (Å²) in [6.45, 7) is 0.590. The van der Waals surface area contributed by atoms with Crippen LogP contribution in [-0.2, 0) is 13.1 Å². The molecule has 0 aliphatic heterocycles. The molecule has 0 bridgehead atoms. The van der Waals surface area contributed by atoms with Crippen LogP contribution in [-0.4, -0.2) is 32.6 Å². The van der Waals surface area contributed by atoms with Crippen molar-refractivity contribution in [2.24, 2.45) is 0 Å². The fourth-order valence-corrected chi connectivity index (χ4v) is 3.87. The molecule has 4 rings (SSSR count). The molecule has 2 aromatic carbocycles. The molecule has 0 aliphatic rings. The molecule has 0 radical (unpaired) electrons. The second kappa shape index (κ2) is 9.88. The summed E-state index contributed by atoms with van der Waals surface area (Å²) in [5, 5.41) is 20.6. The van der Waals surface area contributed by atoms with Crippen molar-refractivity contribution in [2.45, 2.75) is 13.1 Å². The van der Waals surface area contributed by atoms with Crippen LogP contribution in [0.15, 0.2) is 70.5 Å². The first-order valence-electron chi connectivity index (χ1n) is 9.35.